The Kier molecular flexibility index (Phi) is 4.37. The van der Waals surface area contributed by atoms with E-state index in [0.29, 0.717) is 18.3 Å². The second kappa shape index (κ2) is 6.43. The van der Waals surface area contributed by atoms with Crippen LogP contribution in [0.2, 0.25) is 0 Å². The van der Waals surface area contributed by atoms with Crippen LogP contribution in [0.1, 0.15) is 44.5 Å². The molecule has 22 heavy (non-hydrogen) atoms. The zero-order valence-electron chi connectivity index (χ0n) is 12.7. The van der Waals surface area contributed by atoms with Gasteiger partial charge in [0.05, 0.1) is 12.5 Å². The molecule has 0 bridgehead atoms. The van der Waals surface area contributed by atoms with Crippen molar-refractivity contribution in [3.8, 4) is 0 Å². The first-order chi connectivity index (χ1) is 10.7. The number of aryl methyl sites for hydroxylation is 1. The molecule has 0 aromatic carbocycles. The highest BCUT2D eigenvalue weighted by atomic mass is 16.5. The Morgan fingerprint density at radius 1 is 1.55 bits per heavy atom. The highest BCUT2D eigenvalue weighted by Gasteiger charge is 2.33. The SMILES string of the molecule is CCCc1nc2n(n1)[C@@H](C(=O)NC[C@H]1CCCO1)CC(=O)N2. The van der Waals surface area contributed by atoms with Crippen LogP contribution >= 0.6 is 0 Å². The quantitative estimate of drug-likeness (QED) is 0.821. The predicted octanol–water partition coefficient (Wildman–Crippen LogP) is 0.409. The molecule has 2 atom stereocenters. The van der Waals surface area contributed by atoms with Crippen molar-refractivity contribution >= 4 is 17.8 Å². The number of amides is 2. The van der Waals surface area contributed by atoms with Crippen molar-refractivity contribution in [1.29, 1.82) is 0 Å². The molecule has 2 aliphatic heterocycles. The molecule has 0 saturated carbocycles. The van der Waals surface area contributed by atoms with Gasteiger partial charge in [0.25, 0.3) is 0 Å². The second-order valence-corrected chi connectivity index (χ2v) is 5.69. The standard InChI is InChI=1S/C14H21N5O3/c1-2-4-11-16-14-17-12(20)7-10(19(14)18-11)13(21)15-8-9-5-3-6-22-9/h9-10H,2-8H2,1H3,(H,15,21)(H,16,17,18,20)/t9-,10-/m1/s1. The van der Waals surface area contributed by atoms with E-state index in [4.69, 9.17) is 4.74 Å². The van der Waals surface area contributed by atoms with Crippen molar-refractivity contribution in [3.05, 3.63) is 5.82 Å². The lowest BCUT2D eigenvalue weighted by Gasteiger charge is -2.23. The van der Waals surface area contributed by atoms with E-state index in [1.807, 2.05) is 6.92 Å². The largest absolute Gasteiger partial charge is 0.376 e. The number of nitrogens with zero attached hydrogens (tertiary/aromatic N) is 3. The van der Waals surface area contributed by atoms with E-state index >= 15 is 0 Å². The third kappa shape index (κ3) is 3.11. The molecule has 0 spiro atoms. The van der Waals surface area contributed by atoms with E-state index in [9.17, 15) is 9.59 Å². The van der Waals surface area contributed by atoms with Crippen LogP contribution in [-0.4, -0.2) is 45.8 Å². The molecule has 2 aliphatic rings. The fourth-order valence-electron chi connectivity index (χ4n) is 2.78. The van der Waals surface area contributed by atoms with Crippen LogP contribution in [0, 0.1) is 0 Å². The van der Waals surface area contributed by atoms with Crippen LogP contribution in [-0.2, 0) is 20.7 Å². The number of carbonyl (C=O) groups is 2. The monoisotopic (exact) mass is 307 g/mol. The minimum Gasteiger partial charge on any atom is -0.376 e. The van der Waals surface area contributed by atoms with Crippen molar-refractivity contribution in [2.75, 3.05) is 18.5 Å². The van der Waals surface area contributed by atoms with Crippen LogP contribution in [0.3, 0.4) is 0 Å². The summed E-state index contributed by atoms with van der Waals surface area (Å²) in [4.78, 5) is 28.4. The third-order valence-corrected chi connectivity index (χ3v) is 3.90. The van der Waals surface area contributed by atoms with Crippen LogP contribution in [0.4, 0.5) is 5.95 Å². The minimum absolute atomic E-state index is 0.0761. The maximum absolute atomic E-state index is 12.4. The maximum atomic E-state index is 12.4. The number of anilines is 1. The van der Waals surface area contributed by atoms with Gasteiger partial charge in [0.15, 0.2) is 5.82 Å². The lowest BCUT2D eigenvalue weighted by Crippen LogP contribution is -2.41. The summed E-state index contributed by atoms with van der Waals surface area (Å²) < 4.78 is 7.01. The summed E-state index contributed by atoms with van der Waals surface area (Å²) in [6.07, 6.45) is 3.78. The van der Waals surface area contributed by atoms with E-state index in [1.54, 1.807) is 0 Å². The van der Waals surface area contributed by atoms with Crippen LogP contribution in [0.5, 0.6) is 0 Å². The predicted molar refractivity (Wildman–Crippen MR) is 78.3 cm³/mol. The Balaban J connectivity index is 1.69. The van der Waals surface area contributed by atoms with Gasteiger partial charge in [-0.1, -0.05) is 6.92 Å². The maximum Gasteiger partial charge on any atom is 0.245 e. The molecule has 8 nitrogen and oxygen atoms in total. The number of ether oxygens (including phenoxy) is 1. The second-order valence-electron chi connectivity index (χ2n) is 5.69. The van der Waals surface area contributed by atoms with Gasteiger partial charge in [-0.2, -0.15) is 10.1 Å². The summed E-state index contributed by atoms with van der Waals surface area (Å²) in [5.41, 5.74) is 0. The molecule has 2 N–H and O–H groups in total. The molecule has 1 aromatic rings. The van der Waals surface area contributed by atoms with E-state index in [-0.39, 0.29) is 24.3 Å². The van der Waals surface area contributed by atoms with Crippen LogP contribution in [0.15, 0.2) is 0 Å². The van der Waals surface area contributed by atoms with Crippen molar-refractivity contribution < 1.29 is 14.3 Å². The zero-order chi connectivity index (χ0) is 15.5. The number of aromatic nitrogens is 3. The molecule has 120 valence electrons. The Morgan fingerprint density at radius 2 is 2.41 bits per heavy atom. The molecule has 3 heterocycles. The number of nitrogens with one attached hydrogen (secondary N) is 2. The molecular formula is C14H21N5O3. The van der Waals surface area contributed by atoms with Gasteiger partial charge in [-0.3, -0.25) is 14.9 Å². The van der Waals surface area contributed by atoms with Crippen molar-refractivity contribution in [3.63, 3.8) is 0 Å². The number of fused-ring (bicyclic) bond motifs is 1. The Labute approximate surface area is 128 Å². The lowest BCUT2D eigenvalue weighted by atomic mass is 10.1. The van der Waals surface area contributed by atoms with Crippen LogP contribution < -0.4 is 10.6 Å². The summed E-state index contributed by atoms with van der Waals surface area (Å²) in [7, 11) is 0. The van der Waals surface area contributed by atoms with Gasteiger partial charge in [0.2, 0.25) is 17.8 Å². The molecule has 0 unspecified atom stereocenters. The molecule has 3 rings (SSSR count). The van der Waals surface area contributed by atoms with Gasteiger partial charge in [0, 0.05) is 19.6 Å². The van der Waals surface area contributed by atoms with Gasteiger partial charge >= 0.3 is 0 Å². The normalized spacial score (nSPS) is 24.0. The fourth-order valence-corrected chi connectivity index (χ4v) is 2.78. The van der Waals surface area contributed by atoms with Gasteiger partial charge in [-0.15, -0.1) is 0 Å². The summed E-state index contributed by atoms with van der Waals surface area (Å²) >= 11 is 0. The smallest absolute Gasteiger partial charge is 0.245 e. The summed E-state index contributed by atoms with van der Waals surface area (Å²) in [5, 5.41) is 9.89. The van der Waals surface area contributed by atoms with Crippen molar-refractivity contribution in [1.82, 2.24) is 20.1 Å². The van der Waals surface area contributed by atoms with Crippen LogP contribution in [0.25, 0.3) is 0 Å². The van der Waals surface area contributed by atoms with E-state index < -0.39 is 6.04 Å². The third-order valence-electron chi connectivity index (χ3n) is 3.90. The molecule has 8 heteroatoms. The first-order valence-electron chi connectivity index (χ1n) is 7.82. The number of rotatable bonds is 5. The van der Waals surface area contributed by atoms with Crippen molar-refractivity contribution in [2.24, 2.45) is 0 Å². The molecular weight excluding hydrogens is 286 g/mol. The minimum atomic E-state index is -0.636. The molecule has 1 saturated heterocycles. The molecule has 0 radical (unpaired) electrons. The number of hydrogen-bond donors (Lipinski definition) is 2. The van der Waals surface area contributed by atoms with E-state index in [2.05, 4.69) is 20.7 Å². The van der Waals surface area contributed by atoms with Gasteiger partial charge in [0.1, 0.15) is 6.04 Å². The molecule has 2 amide bonds. The van der Waals surface area contributed by atoms with Gasteiger partial charge in [-0.05, 0) is 19.3 Å². The molecule has 0 aliphatic carbocycles. The summed E-state index contributed by atoms with van der Waals surface area (Å²) in [6, 6.07) is -0.636. The number of hydrogen-bond acceptors (Lipinski definition) is 5. The molecule has 1 aromatic heterocycles. The highest BCUT2D eigenvalue weighted by Crippen LogP contribution is 2.23. The number of carbonyl (C=O) groups excluding carboxylic acids is 2. The Bertz CT molecular complexity index is 565. The molecule has 1 fully saturated rings. The van der Waals surface area contributed by atoms with E-state index in [0.717, 1.165) is 32.3 Å². The first kappa shape index (κ1) is 15.0. The lowest BCUT2D eigenvalue weighted by molar-refractivity contribution is -0.129. The average molecular weight is 307 g/mol. The van der Waals surface area contributed by atoms with Crippen molar-refractivity contribution in [2.45, 2.75) is 51.2 Å². The summed E-state index contributed by atoms with van der Waals surface area (Å²) in [5.74, 6) is 0.591. The van der Waals surface area contributed by atoms with Gasteiger partial charge in [-0.25, -0.2) is 4.68 Å². The topological polar surface area (TPSA) is 98.1 Å². The van der Waals surface area contributed by atoms with Gasteiger partial charge < -0.3 is 10.1 Å². The van der Waals surface area contributed by atoms with E-state index in [1.165, 1.54) is 4.68 Å². The fraction of sp³-hybridized carbons (Fsp3) is 0.714. The average Bonchev–Trinajstić information content (AvgIpc) is 3.13. The Morgan fingerprint density at radius 3 is 3.14 bits per heavy atom. The zero-order valence-corrected chi connectivity index (χ0v) is 12.7. The first-order valence-corrected chi connectivity index (χ1v) is 7.82. The Hall–Kier alpha value is -1.96. The highest BCUT2D eigenvalue weighted by molar-refractivity contribution is 5.96. The summed E-state index contributed by atoms with van der Waals surface area (Å²) in [6.45, 7) is 3.26.